The van der Waals surface area contributed by atoms with Crippen LogP contribution in [0.15, 0.2) is 35.0 Å². The predicted molar refractivity (Wildman–Crippen MR) is 56.6 cm³/mol. The number of hydrogen-bond donors (Lipinski definition) is 0. The maximum Gasteiger partial charge on any atom is 0.253 e. The molecule has 4 nitrogen and oxygen atoms in total. The molecule has 0 unspecified atom stereocenters. The summed E-state index contributed by atoms with van der Waals surface area (Å²) >= 11 is 3.26. The van der Waals surface area contributed by atoms with E-state index in [2.05, 4.69) is 20.9 Å². The lowest BCUT2D eigenvalue weighted by Gasteiger charge is -2.12. The van der Waals surface area contributed by atoms with Gasteiger partial charge in [-0.3, -0.25) is 19.5 Å². The molecule has 1 aliphatic heterocycles. The summed E-state index contributed by atoms with van der Waals surface area (Å²) in [5.41, 5.74) is 0.684. The lowest BCUT2D eigenvalue weighted by molar-refractivity contribution is -0.137. The molecule has 0 saturated heterocycles. The first-order valence-electron chi connectivity index (χ1n) is 4.31. The Labute approximate surface area is 94.7 Å². The van der Waals surface area contributed by atoms with Gasteiger partial charge in [-0.2, -0.15) is 0 Å². The van der Waals surface area contributed by atoms with Gasteiger partial charge in [0.1, 0.15) is 0 Å². The molecular weight excluding hydrogens is 260 g/mol. The van der Waals surface area contributed by atoms with Gasteiger partial charge in [0.2, 0.25) is 0 Å². The molecule has 0 spiro atoms. The average Bonchev–Trinajstić information content (AvgIpc) is 2.53. The standard InChI is InChI=1S/C10H7BrN2O2/c11-7-1-2-8(12-5-7)6-13-9(14)3-4-10(13)15/h1-5H,6H2. The van der Waals surface area contributed by atoms with Crippen LogP contribution >= 0.6 is 15.9 Å². The first-order valence-corrected chi connectivity index (χ1v) is 5.10. The Morgan fingerprint density at radius 3 is 2.40 bits per heavy atom. The van der Waals surface area contributed by atoms with Gasteiger partial charge in [-0.25, -0.2) is 0 Å². The molecule has 15 heavy (non-hydrogen) atoms. The molecule has 0 aliphatic carbocycles. The van der Waals surface area contributed by atoms with Gasteiger partial charge in [0.25, 0.3) is 11.8 Å². The quantitative estimate of drug-likeness (QED) is 0.758. The van der Waals surface area contributed by atoms with E-state index in [4.69, 9.17) is 0 Å². The van der Waals surface area contributed by atoms with Crippen molar-refractivity contribution in [1.82, 2.24) is 9.88 Å². The van der Waals surface area contributed by atoms with Crippen LogP contribution in [0.4, 0.5) is 0 Å². The highest BCUT2D eigenvalue weighted by Gasteiger charge is 2.23. The molecule has 5 heteroatoms. The van der Waals surface area contributed by atoms with Gasteiger partial charge >= 0.3 is 0 Å². The minimum Gasteiger partial charge on any atom is -0.269 e. The summed E-state index contributed by atoms with van der Waals surface area (Å²) in [4.78, 5) is 27.7. The number of carbonyl (C=O) groups is 2. The number of aromatic nitrogens is 1. The molecule has 1 aromatic heterocycles. The van der Waals surface area contributed by atoms with Crippen LogP contribution in [-0.4, -0.2) is 21.7 Å². The predicted octanol–water partition coefficient (Wildman–Crippen LogP) is 1.27. The minimum atomic E-state index is -0.287. The summed E-state index contributed by atoms with van der Waals surface area (Å²) in [6.07, 6.45) is 4.16. The maximum atomic E-state index is 11.2. The molecule has 0 saturated carbocycles. The molecule has 76 valence electrons. The Morgan fingerprint density at radius 2 is 1.87 bits per heavy atom. The zero-order chi connectivity index (χ0) is 10.8. The number of carbonyl (C=O) groups excluding carboxylic acids is 2. The Balaban J connectivity index is 2.12. The molecule has 1 aromatic rings. The number of amides is 2. The van der Waals surface area contributed by atoms with Gasteiger partial charge in [0, 0.05) is 22.8 Å². The molecule has 2 heterocycles. The topological polar surface area (TPSA) is 50.3 Å². The SMILES string of the molecule is O=C1C=CC(=O)N1Cc1ccc(Br)cn1. The molecule has 1 aliphatic rings. The number of imide groups is 1. The van der Waals surface area contributed by atoms with Gasteiger partial charge in [-0.05, 0) is 28.1 Å². The van der Waals surface area contributed by atoms with Crippen molar-refractivity contribution in [1.29, 1.82) is 0 Å². The van der Waals surface area contributed by atoms with Crippen LogP contribution in [0, 0.1) is 0 Å². The maximum absolute atomic E-state index is 11.2. The smallest absolute Gasteiger partial charge is 0.253 e. The summed E-state index contributed by atoms with van der Waals surface area (Å²) in [5.74, 6) is -0.575. The van der Waals surface area contributed by atoms with Crippen LogP contribution < -0.4 is 0 Å². The lowest BCUT2D eigenvalue weighted by Crippen LogP contribution is -2.29. The largest absolute Gasteiger partial charge is 0.269 e. The minimum absolute atomic E-state index is 0.220. The van der Waals surface area contributed by atoms with Gasteiger partial charge in [0.15, 0.2) is 0 Å². The highest BCUT2D eigenvalue weighted by atomic mass is 79.9. The first-order chi connectivity index (χ1) is 7.16. The highest BCUT2D eigenvalue weighted by Crippen LogP contribution is 2.11. The van der Waals surface area contributed by atoms with Crippen LogP contribution in [0.1, 0.15) is 5.69 Å². The Morgan fingerprint density at radius 1 is 1.20 bits per heavy atom. The van der Waals surface area contributed by atoms with Gasteiger partial charge in [-0.15, -0.1) is 0 Å². The van der Waals surface area contributed by atoms with E-state index in [1.165, 1.54) is 12.2 Å². The van der Waals surface area contributed by atoms with Crippen LogP contribution in [-0.2, 0) is 16.1 Å². The third-order valence-electron chi connectivity index (χ3n) is 2.01. The monoisotopic (exact) mass is 266 g/mol. The van der Waals surface area contributed by atoms with Crippen molar-refractivity contribution in [2.24, 2.45) is 0 Å². The fraction of sp³-hybridized carbons (Fsp3) is 0.100. The van der Waals surface area contributed by atoms with Crippen molar-refractivity contribution in [2.45, 2.75) is 6.54 Å². The van der Waals surface area contributed by atoms with Crippen molar-refractivity contribution in [3.05, 3.63) is 40.6 Å². The second kappa shape index (κ2) is 3.94. The van der Waals surface area contributed by atoms with Crippen LogP contribution in [0.5, 0.6) is 0 Å². The van der Waals surface area contributed by atoms with E-state index in [9.17, 15) is 9.59 Å². The normalized spacial score (nSPS) is 15.1. The molecule has 0 bridgehead atoms. The molecule has 2 rings (SSSR count). The number of rotatable bonds is 2. The number of hydrogen-bond acceptors (Lipinski definition) is 3. The summed E-state index contributed by atoms with van der Waals surface area (Å²) in [6.45, 7) is 0.220. The summed E-state index contributed by atoms with van der Waals surface area (Å²) in [7, 11) is 0. The van der Waals surface area contributed by atoms with Crippen molar-refractivity contribution >= 4 is 27.7 Å². The van der Waals surface area contributed by atoms with Crippen LogP contribution in [0.25, 0.3) is 0 Å². The zero-order valence-corrected chi connectivity index (χ0v) is 9.27. The number of halogens is 1. The number of nitrogens with zero attached hydrogens (tertiary/aromatic N) is 2. The van der Waals surface area contributed by atoms with Crippen molar-refractivity contribution in [2.75, 3.05) is 0 Å². The van der Waals surface area contributed by atoms with E-state index < -0.39 is 0 Å². The summed E-state index contributed by atoms with van der Waals surface area (Å²) in [5, 5.41) is 0. The second-order valence-electron chi connectivity index (χ2n) is 3.06. The molecule has 0 radical (unpaired) electrons. The Hall–Kier alpha value is -1.49. The van der Waals surface area contributed by atoms with Gasteiger partial charge in [0.05, 0.1) is 12.2 Å². The van der Waals surface area contributed by atoms with Crippen molar-refractivity contribution in [3.8, 4) is 0 Å². The second-order valence-corrected chi connectivity index (χ2v) is 3.98. The molecule has 0 N–H and O–H groups in total. The fourth-order valence-corrected chi connectivity index (χ4v) is 1.48. The molecule has 2 amide bonds. The van der Waals surface area contributed by atoms with Crippen LogP contribution in [0.2, 0.25) is 0 Å². The first kappa shape index (κ1) is 10.0. The van der Waals surface area contributed by atoms with Crippen molar-refractivity contribution < 1.29 is 9.59 Å². The third-order valence-corrected chi connectivity index (χ3v) is 2.48. The van der Waals surface area contributed by atoms with E-state index in [0.29, 0.717) is 5.69 Å². The Bertz CT molecular complexity index is 421. The molecule has 0 aromatic carbocycles. The summed E-state index contributed by atoms with van der Waals surface area (Å²) < 4.78 is 0.864. The number of pyridine rings is 1. The third kappa shape index (κ3) is 2.12. The fourth-order valence-electron chi connectivity index (χ4n) is 1.25. The van der Waals surface area contributed by atoms with Gasteiger partial charge < -0.3 is 0 Å². The molecule has 0 atom stereocenters. The van der Waals surface area contributed by atoms with Gasteiger partial charge in [-0.1, -0.05) is 0 Å². The summed E-state index contributed by atoms with van der Waals surface area (Å²) in [6, 6.07) is 3.59. The van der Waals surface area contributed by atoms with E-state index in [1.54, 1.807) is 12.3 Å². The zero-order valence-electron chi connectivity index (χ0n) is 7.68. The van der Waals surface area contributed by atoms with Crippen molar-refractivity contribution in [3.63, 3.8) is 0 Å². The Kier molecular flexibility index (Phi) is 2.64. The highest BCUT2D eigenvalue weighted by molar-refractivity contribution is 9.10. The molecular formula is C10H7BrN2O2. The van der Waals surface area contributed by atoms with E-state index >= 15 is 0 Å². The van der Waals surface area contributed by atoms with E-state index in [0.717, 1.165) is 9.37 Å². The average molecular weight is 267 g/mol. The lowest BCUT2D eigenvalue weighted by atomic mass is 10.3. The van der Waals surface area contributed by atoms with E-state index in [1.807, 2.05) is 6.07 Å². The molecule has 0 fully saturated rings. The van der Waals surface area contributed by atoms with E-state index in [-0.39, 0.29) is 18.4 Å². The van der Waals surface area contributed by atoms with Crippen LogP contribution in [0.3, 0.4) is 0 Å².